The Morgan fingerprint density at radius 2 is 1.96 bits per heavy atom. The van der Waals surface area contributed by atoms with Crippen LogP contribution in [0.2, 0.25) is 0 Å². The number of carbonyl (C=O) groups is 1. The van der Waals surface area contributed by atoms with Crippen LogP contribution in [0.4, 0.5) is 5.13 Å². The van der Waals surface area contributed by atoms with Gasteiger partial charge in [0.05, 0.1) is 22.9 Å². The molecular formula is C19H20BrN3O2S. The second kappa shape index (κ2) is 8.16. The number of benzene rings is 2. The molecule has 0 saturated carbocycles. The number of nitrogens with zero attached hydrogens (tertiary/aromatic N) is 3. The zero-order valence-electron chi connectivity index (χ0n) is 14.9. The van der Waals surface area contributed by atoms with Gasteiger partial charge in [-0.15, -0.1) is 0 Å². The van der Waals surface area contributed by atoms with Crippen LogP contribution in [0.3, 0.4) is 0 Å². The molecule has 136 valence electrons. The summed E-state index contributed by atoms with van der Waals surface area (Å²) < 4.78 is 7.41. The van der Waals surface area contributed by atoms with Gasteiger partial charge in [-0.2, -0.15) is 0 Å². The van der Waals surface area contributed by atoms with Gasteiger partial charge in [0.1, 0.15) is 5.75 Å². The highest BCUT2D eigenvalue weighted by Crippen LogP contribution is 2.32. The number of para-hydroxylation sites is 1. The Morgan fingerprint density at radius 3 is 2.69 bits per heavy atom. The van der Waals surface area contributed by atoms with E-state index < -0.39 is 0 Å². The summed E-state index contributed by atoms with van der Waals surface area (Å²) in [5.41, 5.74) is 1.42. The first kappa shape index (κ1) is 18.8. The molecule has 0 radical (unpaired) electrons. The fourth-order valence-corrected chi connectivity index (χ4v) is 4.09. The molecule has 7 heteroatoms. The summed E-state index contributed by atoms with van der Waals surface area (Å²) in [4.78, 5) is 21.7. The molecular weight excluding hydrogens is 414 g/mol. The van der Waals surface area contributed by atoms with Crippen molar-refractivity contribution in [3.8, 4) is 5.75 Å². The van der Waals surface area contributed by atoms with Crippen LogP contribution in [0.15, 0.2) is 46.9 Å². The molecule has 0 bridgehead atoms. The van der Waals surface area contributed by atoms with Gasteiger partial charge >= 0.3 is 0 Å². The van der Waals surface area contributed by atoms with Crippen molar-refractivity contribution in [3.63, 3.8) is 0 Å². The predicted octanol–water partition coefficient (Wildman–Crippen LogP) is 4.28. The third-order valence-corrected chi connectivity index (χ3v) is 5.46. The molecule has 0 saturated heterocycles. The van der Waals surface area contributed by atoms with E-state index >= 15 is 0 Å². The predicted molar refractivity (Wildman–Crippen MR) is 111 cm³/mol. The Labute approximate surface area is 165 Å². The summed E-state index contributed by atoms with van der Waals surface area (Å²) >= 11 is 5.00. The Balaban J connectivity index is 2.01. The molecule has 0 spiro atoms. The number of likely N-dealkylation sites (N-methyl/N-ethyl adjacent to an activating group) is 1. The maximum atomic E-state index is 13.3. The fourth-order valence-electron chi connectivity index (χ4n) is 2.55. The molecule has 0 aliphatic carbocycles. The Morgan fingerprint density at radius 1 is 1.19 bits per heavy atom. The van der Waals surface area contributed by atoms with Gasteiger partial charge in [-0.05, 0) is 44.4 Å². The smallest absolute Gasteiger partial charge is 0.263 e. The molecule has 2 aromatic carbocycles. The summed E-state index contributed by atoms with van der Waals surface area (Å²) in [6.45, 7) is 1.28. The van der Waals surface area contributed by atoms with Gasteiger partial charge in [-0.3, -0.25) is 9.69 Å². The number of hydrogen-bond acceptors (Lipinski definition) is 5. The molecule has 0 atom stereocenters. The summed E-state index contributed by atoms with van der Waals surface area (Å²) in [6.07, 6.45) is 0. The van der Waals surface area contributed by atoms with Crippen molar-refractivity contribution in [2.24, 2.45) is 0 Å². The average Bonchev–Trinajstić information content (AvgIpc) is 3.04. The second-order valence-corrected chi connectivity index (χ2v) is 7.99. The minimum atomic E-state index is -0.109. The van der Waals surface area contributed by atoms with Gasteiger partial charge in [0, 0.05) is 17.6 Å². The van der Waals surface area contributed by atoms with Crippen molar-refractivity contribution in [1.29, 1.82) is 0 Å². The van der Waals surface area contributed by atoms with Gasteiger partial charge in [-0.25, -0.2) is 4.98 Å². The summed E-state index contributed by atoms with van der Waals surface area (Å²) in [5.74, 6) is 0.457. The van der Waals surface area contributed by atoms with Crippen molar-refractivity contribution in [3.05, 3.63) is 52.5 Å². The molecule has 0 aliphatic rings. The van der Waals surface area contributed by atoms with Crippen LogP contribution >= 0.6 is 27.3 Å². The number of hydrogen-bond donors (Lipinski definition) is 0. The number of ether oxygens (including phenoxy) is 1. The van der Waals surface area contributed by atoms with E-state index in [-0.39, 0.29) is 5.91 Å². The number of carbonyl (C=O) groups excluding carboxylic acids is 1. The van der Waals surface area contributed by atoms with E-state index in [9.17, 15) is 4.79 Å². The normalized spacial score (nSPS) is 11.1. The highest BCUT2D eigenvalue weighted by atomic mass is 79.9. The second-order valence-electron chi connectivity index (χ2n) is 6.07. The minimum absolute atomic E-state index is 0.109. The molecule has 3 aromatic rings. The van der Waals surface area contributed by atoms with Crippen LogP contribution in [0.1, 0.15) is 10.4 Å². The van der Waals surface area contributed by atoms with Crippen LogP contribution in [0.25, 0.3) is 10.2 Å². The Kier molecular flexibility index (Phi) is 5.90. The first-order valence-corrected chi connectivity index (χ1v) is 9.76. The monoisotopic (exact) mass is 433 g/mol. The lowest BCUT2D eigenvalue weighted by Gasteiger charge is -2.22. The molecule has 5 nitrogen and oxygen atoms in total. The number of aromatic nitrogens is 1. The number of anilines is 1. The Hall–Kier alpha value is -1.96. The number of amides is 1. The van der Waals surface area contributed by atoms with Crippen LogP contribution in [-0.2, 0) is 0 Å². The molecule has 1 heterocycles. The van der Waals surface area contributed by atoms with Gasteiger partial charge in [0.25, 0.3) is 5.91 Å². The highest BCUT2D eigenvalue weighted by molar-refractivity contribution is 9.10. The summed E-state index contributed by atoms with van der Waals surface area (Å²) in [7, 11) is 5.55. The third kappa shape index (κ3) is 4.06. The van der Waals surface area contributed by atoms with Gasteiger partial charge < -0.3 is 9.64 Å². The molecule has 26 heavy (non-hydrogen) atoms. The molecule has 0 unspecified atom stereocenters. The van der Waals surface area contributed by atoms with Crippen molar-refractivity contribution < 1.29 is 9.53 Å². The van der Waals surface area contributed by atoms with Gasteiger partial charge in [0.2, 0.25) is 0 Å². The lowest BCUT2D eigenvalue weighted by molar-refractivity contribution is 0.0982. The van der Waals surface area contributed by atoms with E-state index in [0.717, 1.165) is 21.2 Å². The van der Waals surface area contributed by atoms with E-state index in [2.05, 4.69) is 20.9 Å². The van der Waals surface area contributed by atoms with E-state index in [0.29, 0.717) is 23.0 Å². The van der Waals surface area contributed by atoms with E-state index in [4.69, 9.17) is 4.74 Å². The molecule has 0 aliphatic heterocycles. The maximum absolute atomic E-state index is 13.3. The topological polar surface area (TPSA) is 45.7 Å². The van der Waals surface area contributed by atoms with E-state index in [1.165, 1.54) is 11.3 Å². The van der Waals surface area contributed by atoms with E-state index in [1.54, 1.807) is 24.1 Å². The third-order valence-electron chi connectivity index (χ3n) is 3.92. The largest absolute Gasteiger partial charge is 0.496 e. The fraction of sp³-hybridized carbons (Fsp3) is 0.263. The van der Waals surface area contributed by atoms with Crippen LogP contribution in [-0.4, -0.2) is 50.1 Å². The van der Waals surface area contributed by atoms with Gasteiger partial charge in [0.15, 0.2) is 5.13 Å². The Bertz CT molecular complexity index is 926. The van der Waals surface area contributed by atoms with Crippen LogP contribution < -0.4 is 9.64 Å². The molecule has 1 aromatic heterocycles. The van der Waals surface area contributed by atoms with Crippen molar-refractivity contribution in [2.45, 2.75) is 0 Å². The average molecular weight is 434 g/mol. The van der Waals surface area contributed by atoms with Gasteiger partial charge in [-0.1, -0.05) is 39.4 Å². The van der Waals surface area contributed by atoms with Crippen molar-refractivity contribution in [2.75, 3.05) is 39.2 Å². The molecule has 0 N–H and O–H groups in total. The lowest BCUT2D eigenvalue weighted by Crippen LogP contribution is -2.36. The van der Waals surface area contributed by atoms with Crippen molar-refractivity contribution >= 4 is 48.5 Å². The molecule has 1 amide bonds. The maximum Gasteiger partial charge on any atom is 0.263 e. The van der Waals surface area contributed by atoms with Crippen LogP contribution in [0.5, 0.6) is 5.75 Å². The zero-order valence-corrected chi connectivity index (χ0v) is 17.3. The SMILES string of the molecule is COc1ccccc1C(=O)N(CCN(C)C)c1nc2ccc(Br)cc2s1. The summed E-state index contributed by atoms with van der Waals surface area (Å²) in [5, 5.41) is 0.691. The molecule has 3 rings (SSSR count). The van der Waals surface area contributed by atoms with E-state index in [1.807, 2.05) is 49.3 Å². The number of fused-ring (bicyclic) bond motifs is 1. The molecule has 0 fully saturated rings. The number of thiazole rings is 1. The first-order chi connectivity index (χ1) is 12.5. The summed E-state index contributed by atoms with van der Waals surface area (Å²) in [6, 6.07) is 13.2. The number of rotatable bonds is 6. The highest BCUT2D eigenvalue weighted by Gasteiger charge is 2.23. The quantitative estimate of drug-likeness (QED) is 0.581. The number of halogens is 1. The van der Waals surface area contributed by atoms with Crippen LogP contribution in [0, 0.1) is 0 Å². The first-order valence-electron chi connectivity index (χ1n) is 8.15. The standard InChI is InChI=1S/C19H20BrN3O2S/c1-22(2)10-11-23(18(24)14-6-4-5-7-16(14)25-3)19-21-15-9-8-13(20)12-17(15)26-19/h4-9,12H,10-11H2,1-3H3. The lowest BCUT2D eigenvalue weighted by atomic mass is 10.1. The minimum Gasteiger partial charge on any atom is -0.496 e. The zero-order chi connectivity index (χ0) is 18.7. The van der Waals surface area contributed by atoms with Crippen molar-refractivity contribution in [1.82, 2.24) is 9.88 Å². The number of methoxy groups -OCH3 is 1.